The maximum atomic E-state index is 13.2. The van der Waals surface area contributed by atoms with E-state index in [2.05, 4.69) is 47.1 Å². The number of hydrogen-bond donors (Lipinski definition) is 0. The summed E-state index contributed by atoms with van der Waals surface area (Å²) in [5.41, 5.74) is 3.69. The van der Waals surface area contributed by atoms with Crippen LogP contribution >= 0.6 is 27.5 Å². The summed E-state index contributed by atoms with van der Waals surface area (Å²) in [5.74, 6) is 0.114. The highest BCUT2D eigenvalue weighted by Crippen LogP contribution is 2.21. The summed E-state index contributed by atoms with van der Waals surface area (Å²) >= 11 is 9.41. The van der Waals surface area contributed by atoms with Crippen molar-refractivity contribution in [3.63, 3.8) is 0 Å². The monoisotopic (exact) mass is 354 g/mol. The highest BCUT2D eigenvalue weighted by Gasteiger charge is 2.11. The fourth-order valence-electron chi connectivity index (χ4n) is 2.35. The second-order valence-corrected chi connectivity index (χ2v) is 6.22. The molecule has 0 saturated heterocycles. The Hall–Kier alpha value is -0.860. The van der Waals surface area contributed by atoms with Crippen LogP contribution in [0.4, 0.5) is 4.39 Å². The van der Waals surface area contributed by atoms with Crippen molar-refractivity contribution in [2.24, 2.45) is 5.92 Å². The number of benzene rings is 2. The molecule has 20 heavy (non-hydrogen) atoms. The zero-order valence-corrected chi connectivity index (χ0v) is 13.7. The van der Waals surface area contributed by atoms with Crippen molar-refractivity contribution in [2.45, 2.75) is 19.8 Å². The fourth-order valence-corrected chi connectivity index (χ4v) is 3.01. The molecule has 0 heterocycles. The fraction of sp³-hybridized carbons (Fsp3) is 0.294. The predicted molar refractivity (Wildman–Crippen MR) is 87.3 cm³/mol. The van der Waals surface area contributed by atoms with E-state index in [1.807, 2.05) is 6.07 Å². The Labute approximate surface area is 133 Å². The van der Waals surface area contributed by atoms with Gasteiger partial charge in [0.1, 0.15) is 5.82 Å². The van der Waals surface area contributed by atoms with Crippen molar-refractivity contribution in [3.8, 4) is 0 Å². The first-order valence-corrected chi connectivity index (χ1v) is 8.14. The van der Waals surface area contributed by atoms with E-state index >= 15 is 0 Å². The smallest absolute Gasteiger partial charge is 0.141 e. The van der Waals surface area contributed by atoms with Crippen molar-refractivity contribution < 1.29 is 4.39 Å². The first-order chi connectivity index (χ1) is 9.58. The van der Waals surface area contributed by atoms with Gasteiger partial charge in [-0.3, -0.25) is 0 Å². The van der Waals surface area contributed by atoms with Gasteiger partial charge in [0.25, 0.3) is 0 Å². The van der Waals surface area contributed by atoms with E-state index in [9.17, 15) is 4.39 Å². The maximum absolute atomic E-state index is 13.2. The van der Waals surface area contributed by atoms with E-state index in [1.165, 1.54) is 17.2 Å². The maximum Gasteiger partial charge on any atom is 0.141 e. The van der Waals surface area contributed by atoms with Crippen molar-refractivity contribution in [1.82, 2.24) is 0 Å². The molecule has 2 rings (SSSR count). The van der Waals surface area contributed by atoms with E-state index in [1.54, 1.807) is 6.07 Å². The number of rotatable bonds is 5. The average molecular weight is 356 g/mol. The van der Waals surface area contributed by atoms with Crippen molar-refractivity contribution in [2.75, 3.05) is 5.33 Å². The predicted octanol–water partition coefficient (Wildman–Crippen LogP) is 5.58. The molecule has 0 spiro atoms. The molecule has 0 nitrogen and oxygen atoms in total. The molecule has 0 radical (unpaired) electrons. The third-order valence-corrected chi connectivity index (χ3v) is 4.54. The minimum absolute atomic E-state index is 0.200. The molecule has 2 aromatic carbocycles. The number of hydrogen-bond acceptors (Lipinski definition) is 0. The van der Waals surface area contributed by atoms with Crippen LogP contribution in [0.25, 0.3) is 0 Å². The van der Waals surface area contributed by atoms with E-state index in [0.717, 1.165) is 23.7 Å². The zero-order chi connectivity index (χ0) is 14.5. The van der Waals surface area contributed by atoms with Gasteiger partial charge in [-0.2, -0.15) is 0 Å². The average Bonchev–Trinajstić information content (AvgIpc) is 2.42. The molecular weight excluding hydrogens is 339 g/mol. The van der Waals surface area contributed by atoms with Crippen LogP contribution in [-0.2, 0) is 12.8 Å². The lowest BCUT2D eigenvalue weighted by Gasteiger charge is -2.15. The Morgan fingerprint density at radius 1 is 1.10 bits per heavy atom. The minimum atomic E-state index is -0.357. The lowest BCUT2D eigenvalue weighted by atomic mass is 9.93. The first kappa shape index (κ1) is 15.5. The number of halogens is 3. The van der Waals surface area contributed by atoms with Gasteiger partial charge in [-0.25, -0.2) is 4.39 Å². The van der Waals surface area contributed by atoms with Gasteiger partial charge in [0.15, 0.2) is 0 Å². The van der Waals surface area contributed by atoms with E-state index < -0.39 is 0 Å². The van der Waals surface area contributed by atoms with Crippen LogP contribution in [0.3, 0.4) is 0 Å². The van der Waals surface area contributed by atoms with Gasteiger partial charge in [0, 0.05) is 5.33 Å². The summed E-state index contributed by atoms with van der Waals surface area (Å²) in [6, 6.07) is 13.5. The highest BCUT2D eigenvalue weighted by atomic mass is 79.9. The SMILES string of the molecule is Cc1cccc(CC(CBr)Cc2ccc(F)c(Cl)c2)c1. The molecule has 0 aromatic heterocycles. The van der Waals surface area contributed by atoms with Gasteiger partial charge in [0.2, 0.25) is 0 Å². The molecule has 0 amide bonds. The highest BCUT2D eigenvalue weighted by molar-refractivity contribution is 9.09. The normalized spacial score (nSPS) is 12.4. The van der Waals surface area contributed by atoms with Crippen molar-refractivity contribution in [3.05, 3.63) is 70.0 Å². The molecule has 0 aliphatic heterocycles. The molecule has 0 aliphatic carbocycles. The quantitative estimate of drug-likeness (QED) is 0.614. The van der Waals surface area contributed by atoms with Crippen molar-refractivity contribution in [1.29, 1.82) is 0 Å². The lowest BCUT2D eigenvalue weighted by molar-refractivity contribution is 0.587. The Kier molecular flexibility index (Phi) is 5.62. The summed E-state index contributed by atoms with van der Waals surface area (Å²) in [6.07, 6.45) is 1.89. The molecular formula is C17H17BrClF. The molecule has 2 aromatic rings. The molecule has 0 saturated carbocycles. The molecule has 3 heteroatoms. The molecule has 1 atom stereocenters. The second-order valence-electron chi connectivity index (χ2n) is 5.17. The van der Waals surface area contributed by atoms with E-state index in [4.69, 9.17) is 11.6 Å². The standard InChI is InChI=1S/C17H17BrClF/c1-12-3-2-4-13(7-12)8-15(11-18)9-14-5-6-17(20)16(19)10-14/h2-7,10,15H,8-9,11H2,1H3. The van der Waals surface area contributed by atoms with Gasteiger partial charge in [-0.05, 0) is 48.9 Å². The third kappa shape index (κ3) is 4.32. The van der Waals surface area contributed by atoms with Crippen LogP contribution in [0, 0.1) is 18.7 Å². The van der Waals surface area contributed by atoms with Gasteiger partial charge in [-0.15, -0.1) is 0 Å². The van der Waals surface area contributed by atoms with Gasteiger partial charge < -0.3 is 0 Å². The second kappa shape index (κ2) is 7.24. The Balaban J connectivity index is 2.07. The first-order valence-electron chi connectivity index (χ1n) is 6.64. The van der Waals surface area contributed by atoms with E-state index in [0.29, 0.717) is 5.92 Å². The molecule has 1 unspecified atom stereocenters. The lowest BCUT2D eigenvalue weighted by Crippen LogP contribution is -2.10. The van der Waals surface area contributed by atoms with Gasteiger partial charge in [0.05, 0.1) is 5.02 Å². The van der Waals surface area contributed by atoms with Crippen LogP contribution in [-0.4, -0.2) is 5.33 Å². The Morgan fingerprint density at radius 3 is 2.40 bits per heavy atom. The summed E-state index contributed by atoms with van der Waals surface area (Å²) in [4.78, 5) is 0. The summed E-state index contributed by atoms with van der Waals surface area (Å²) < 4.78 is 13.2. The third-order valence-electron chi connectivity index (χ3n) is 3.33. The van der Waals surface area contributed by atoms with E-state index in [-0.39, 0.29) is 10.8 Å². The van der Waals surface area contributed by atoms with Gasteiger partial charge in [-0.1, -0.05) is 63.4 Å². The van der Waals surface area contributed by atoms with Crippen LogP contribution < -0.4 is 0 Å². The number of alkyl halides is 1. The molecule has 0 aliphatic rings. The molecule has 0 fully saturated rings. The largest absolute Gasteiger partial charge is 0.205 e. The summed E-state index contributed by atoms with van der Waals surface area (Å²) in [7, 11) is 0. The zero-order valence-electron chi connectivity index (χ0n) is 11.4. The molecule has 106 valence electrons. The molecule has 0 N–H and O–H groups in total. The molecule has 0 bridgehead atoms. The Bertz CT molecular complexity index is 583. The minimum Gasteiger partial charge on any atom is -0.205 e. The Morgan fingerprint density at radius 2 is 1.80 bits per heavy atom. The summed E-state index contributed by atoms with van der Waals surface area (Å²) in [6.45, 7) is 2.10. The topological polar surface area (TPSA) is 0 Å². The van der Waals surface area contributed by atoms with Gasteiger partial charge >= 0.3 is 0 Å². The van der Waals surface area contributed by atoms with Crippen LogP contribution in [0.2, 0.25) is 5.02 Å². The van der Waals surface area contributed by atoms with Crippen molar-refractivity contribution >= 4 is 27.5 Å². The van der Waals surface area contributed by atoms with Crippen LogP contribution in [0.1, 0.15) is 16.7 Å². The van der Waals surface area contributed by atoms with Crippen LogP contribution in [0.5, 0.6) is 0 Å². The number of aryl methyl sites for hydroxylation is 1. The van der Waals surface area contributed by atoms with Crippen LogP contribution in [0.15, 0.2) is 42.5 Å². The summed E-state index contributed by atoms with van der Waals surface area (Å²) in [5, 5.41) is 1.11.